The van der Waals surface area contributed by atoms with Gasteiger partial charge in [0.15, 0.2) is 11.5 Å². The van der Waals surface area contributed by atoms with Crippen LogP contribution in [0, 0.1) is 0 Å². The van der Waals surface area contributed by atoms with Gasteiger partial charge < -0.3 is 24.7 Å². The first kappa shape index (κ1) is 19.9. The van der Waals surface area contributed by atoms with Gasteiger partial charge in [0.2, 0.25) is 6.79 Å². The number of ether oxygens (including phenoxy) is 4. The summed E-state index contributed by atoms with van der Waals surface area (Å²) in [5.41, 5.74) is 7.35. The zero-order valence-electron chi connectivity index (χ0n) is 16.1. The smallest absolute Gasteiger partial charge is 0.417 e. The number of aryl methyl sites for hydroxylation is 1. The van der Waals surface area contributed by atoms with Gasteiger partial charge in [0.1, 0.15) is 18.1 Å². The van der Waals surface area contributed by atoms with Crippen LogP contribution in [0.25, 0.3) is 11.3 Å². The minimum Gasteiger partial charge on any atom is -0.492 e. The molecule has 156 valence electrons. The number of halogens is 1. The number of carbonyl (C=O) groups is 1. The van der Waals surface area contributed by atoms with E-state index in [1.807, 2.05) is 0 Å². The molecule has 0 atom stereocenters. The number of nitrogens with zero attached hydrogens (tertiary/aromatic N) is 2. The third-order valence-corrected chi connectivity index (χ3v) is 4.58. The average molecular weight is 431 g/mol. The molecule has 1 aliphatic rings. The third kappa shape index (κ3) is 4.12. The van der Waals surface area contributed by atoms with Gasteiger partial charge in [-0.05, 0) is 30.3 Å². The molecule has 2 heterocycles. The maximum atomic E-state index is 12.4. The lowest BCUT2D eigenvalue weighted by Gasteiger charge is -2.14. The molecule has 1 amide bonds. The van der Waals surface area contributed by atoms with Gasteiger partial charge in [-0.15, -0.1) is 0 Å². The van der Waals surface area contributed by atoms with Gasteiger partial charge in [0.25, 0.3) is 0 Å². The molecule has 3 aromatic rings. The van der Waals surface area contributed by atoms with Crippen molar-refractivity contribution in [2.45, 2.75) is 0 Å². The minimum atomic E-state index is -0.661. The van der Waals surface area contributed by atoms with Crippen molar-refractivity contribution in [3.8, 4) is 34.3 Å². The van der Waals surface area contributed by atoms with Crippen LogP contribution >= 0.6 is 11.6 Å². The molecule has 0 aliphatic carbocycles. The van der Waals surface area contributed by atoms with Crippen molar-refractivity contribution in [3.05, 3.63) is 47.6 Å². The molecule has 0 unspecified atom stereocenters. The van der Waals surface area contributed by atoms with Crippen molar-refractivity contribution in [3.63, 3.8) is 0 Å². The van der Waals surface area contributed by atoms with Crippen LogP contribution in [0.5, 0.6) is 23.0 Å². The highest BCUT2D eigenvalue weighted by molar-refractivity contribution is 6.33. The summed E-state index contributed by atoms with van der Waals surface area (Å²) >= 11 is 6.30. The van der Waals surface area contributed by atoms with Crippen LogP contribution in [-0.2, 0) is 7.05 Å². The molecule has 30 heavy (non-hydrogen) atoms. The quantitative estimate of drug-likeness (QED) is 0.616. The molecule has 10 heteroatoms. The summed E-state index contributed by atoms with van der Waals surface area (Å²) in [5.74, 6) is 2.03. The number of rotatable bonds is 6. The van der Waals surface area contributed by atoms with Crippen LogP contribution in [-0.4, -0.2) is 35.8 Å². The summed E-state index contributed by atoms with van der Waals surface area (Å²) < 4.78 is 23.2. The molecule has 1 aromatic heterocycles. The van der Waals surface area contributed by atoms with E-state index in [9.17, 15) is 4.79 Å². The Kier molecular flexibility index (Phi) is 5.64. The van der Waals surface area contributed by atoms with Crippen molar-refractivity contribution in [2.24, 2.45) is 12.8 Å². The van der Waals surface area contributed by atoms with E-state index in [2.05, 4.69) is 10.4 Å². The molecule has 9 nitrogen and oxygen atoms in total. The van der Waals surface area contributed by atoms with Crippen molar-refractivity contribution in [2.75, 3.05) is 25.3 Å². The highest BCUT2D eigenvalue weighted by atomic mass is 35.5. The van der Waals surface area contributed by atoms with Crippen LogP contribution in [0.3, 0.4) is 0 Å². The Balaban J connectivity index is 1.55. The number of hydrogen-bond acceptors (Lipinski definition) is 7. The highest BCUT2D eigenvalue weighted by Gasteiger charge is 2.18. The molecule has 0 fully saturated rings. The maximum absolute atomic E-state index is 12.4. The maximum Gasteiger partial charge on any atom is 0.417 e. The highest BCUT2D eigenvalue weighted by Crippen LogP contribution is 2.37. The number of aromatic nitrogens is 2. The van der Waals surface area contributed by atoms with Crippen LogP contribution in [0.15, 0.2) is 42.6 Å². The van der Waals surface area contributed by atoms with Crippen molar-refractivity contribution >= 4 is 23.4 Å². The van der Waals surface area contributed by atoms with E-state index >= 15 is 0 Å². The molecule has 3 N–H and O–H groups in total. The average Bonchev–Trinajstić information content (AvgIpc) is 3.32. The molecule has 0 saturated carbocycles. The van der Waals surface area contributed by atoms with E-state index < -0.39 is 6.09 Å². The second-order valence-corrected chi connectivity index (χ2v) is 6.75. The Morgan fingerprint density at radius 2 is 2.10 bits per heavy atom. The van der Waals surface area contributed by atoms with E-state index in [-0.39, 0.29) is 6.79 Å². The number of benzene rings is 2. The van der Waals surface area contributed by atoms with Crippen LogP contribution in [0.1, 0.15) is 0 Å². The first-order valence-corrected chi connectivity index (χ1v) is 9.46. The fourth-order valence-electron chi connectivity index (χ4n) is 2.99. The standard InChI is InChI=1S/C20H19ClN4O5/c1-25-19(15(21)10-23-25)14-8-12(2-4-16(14)27-7-6-22)24-20(26)30-13-3-5-17-18(9-13)29-11-28-17/h2-5,8-10H,6-7,11,22H2,1H3,(H,24,26). The SMILES string of the molecule is Cn1ncc(Cl)c1-c1cc(NC(=O)Oc2ccc3c(c2)OCO3)ccc1OCCN. The van der Waals surface area contributed by atoms with Crippen LogP contribution in [0.4, 0.5) is 10.5 Å². The Morgan fingerprint density at radius 1 is 1.27 bits per heavy atom. The van der Waals surface area contributed by atoms with Crippen molar-refractivity contribution < 1.29 is 23.7 Å². The zero-order chi connectivity index (χ0) is 21.1. The number of nitrogens with two attached hydrogens (primary N) is 1. The van der Waals surface area contributed by atoms with Gasteiger partial charge in [-0.1, -0.05) is 11.6 Å². The summed E-state index contributed by atoms with van der Waals surface area (Å²) in [4.78, 5) is 12.4. The normalized spacial score (nSPS) is 12.0. The van der Waals surface area contributed by atoms with E-state index in [4.69, 9.17) is 36.3 Å². The van der Waals surface area contributed by atoms with E-state index in [1.54, 1.807) is 48.1 Å². The lowest BCUT2D eigenvalue weighted by Crippen LogP contribution is -2.17. The predicted octanol–water partition coefficient (Wildman–Crippen LogP) is 3.42. The van der Waals surface area contributed by atoms with E-state index in [0.717, 1.165) is 0 Å². The summed E-state index contributed by atoms with van der Waals surface area (Å²) in [7, 11) is 1.77. The van der Waals surface area contributed by atoms with Crippen molar-refractivity contribution in [1.29, 1.82) is 0 Å². The topological polar surface area (TPSA) is 110 Å². The number of hydrogen-bond donors (Lipinski definition) is 2. The summed E-state index contributed by atoms with van der Waals surface area (Å²) in [6.07, 6.45) is 0.879. The number of amides is 1. The predicted molar refractivity (Wildman–Crippen MR) is 110 cm³/mol. The van der Waals surface area contributed by atoms with Crippen molar-refractivity contribution in [1.82, 2.24) is 9.78 Å². The second-order valence-electron chi connectivity index (χ2n) is 6.34. The molecule has 0 saturated heterocycles. The van der Waals surface area contributed by atoms with Gasteiger partial charge in [-0.2, -0.15) is 5.10 Å². The number of carbonyl (C=O) groups excluding carboxylic acids is 1. The fourth-order valence-corrected chi connectivity index (χ4v) is 3.26. The zero-order valence-corrected chi connectivity index (χ0v) is 16.8. The molecule has 0 radical (unpaired) electrons. The third-order valence-electron chi connectivity index (χ3n) is 4.31. The molecular weight excluding hydrogens is 412 g/mol. The van der Waals surface area contributed by atoms with Gasteiger partial charge in [-0.25, -0.2) is 4.79 Å². The number of anilines is 1. The van der Waals surface area contributed by atoms with Gasteiger partial charge in [0, 0.05) is 30.9 Å². The molecule has 2 aromatic carbocycles. The van der Waals surface area contributed by atoms with Gasteiger partial charge in [0.05, 0.1) is 16.9 Å². The first-order chi connectivity index (χ1) is 14.5. The molecule has 1 aliphatic heterocycles. The number of nitrogens with one attached hydrogen (secondary N) is 1. The minimum absolute atomic E-state index is 0.142. The van der Waals surface area contributed by atoms with Gasteiger partial charge >= 0.3 is 6.09 Å². The molecule has 0 spiro atoms. The second kappa shape index (κ2) is 8.52. The van der Waals surface area contributed by atoms with E-state index in [0.29, 0.717) is 58.1 Å². The summed E-state index contributed by atoms with van der Waals surface area (Å²) in [6, 6.07) is 10.0. The summed E-state index contributed by atoms with van der Waals surface area (Å²) in [5, 5.41) is 7.31. The molecule has 4 rings (SSSR count). The lowest BCUT2D eigenvalue weighted by molar-refractivity contribution is 0.174. The Morgan fingerprint density at radius 3 is 2.87 bits per heavy atom. The molecule has 0 bridgehead atoms. The van der Waals surface area contributed by atoms with Gasteiger partial charge in [-0.3, -0.25) is 10.00 Å². The first-order valence-electron chi connectivity index (χ1n) is 9.08. The van der Waals surface area contributed by atoms with Crippen LogP contribution in [0.2, 0.25) is 5.02 Å². The van der Waals surface area contributed by atoms with E-state index in [1.165, 1.54) is 6.20 Å². The Labute approximate surface area is 177 Å². The monoisotopic (exact) mass is 430 g/mol. The Bertz CT molecular complexity index is 1070. The number of fused-ring (bicyclic) bond motifs is 1. The Hall–Kier alpha value is -3.43. The fraction of sp³-hybridized carbons (Fsp3) is 0.200. The van der Waals surface area contributed by atoms with Crippen LogP contribution < -0.4 is 30.0 Å². The largest absolute Gasteiger partial charge is 0.492 e. The lowest BCUT2D eigenvalue weighted by atomic mass is 10.1. The molecular formula is C20H19ClN4O5. The summed E-state index contributed by atoms with van der Waals surface area (Å²) in [6.45, 7) is 0.838.